The molecule has 8 heteroatoms. The van der Waals surface area contributed by atoms with E-state index >= 15 is 0 Å². The number of nitriles is 1. The third kappa shape index (κ3) is 3.76. The molecule has 0 saturated heterocycles. The van der Waals surface area contributed by atoms with Crippen LogP contribution < -0.4 is 0 Å². The van der Waals surface area contributed by atoms with Crippen molar-refractivity contribution in [2.24, 2.45) is 0 Å². The van der Waals surface area contributed by atoms with Crippen molar-refractivity contribution < 1.29 is 18.3 Å². The average Bonchev–Trinajstić information content (AvgIpc) is 2.38. The lowest BCUT2D eigenvalue weighted by molar-refractivity contribution is -0.137. The van der Waals surface area contributed by atoms with E-state index in [1.54, 1.807) is 19.9 Å². The van der Waals surface area contributed by atoms with Gasteiger partial charge < -0.3 is 5.11 Å². The molecule has 1 heterocycles. The van der Waals surface area contributed by atoms with Gasteiger partial charge in [-0.25, -0.2) is 13.4 Å². The molecular formula is C12H15N3O4S. The molecule has 20 heavy (non-hydrogen) atoms. The molecule has 1 rings (SSSR count). The Kier molecular flexibility index (Phi) is 5.19. The number of carboxylic acids is 1. The maximum absolute atomic E-state index is 12.4. The average molecular weight is 297 g/mol. The Balaban J connectivity index is 3.09. The van der Waals surface area contributed by atoms with E-state index in [9.17, 15) is 13.2 Å². The van der Waals surface area contributed by atoms with E-state index < -0.39 is 16.0 Å². The number of sulfonamides is 1. The minimum atomic E-state index is -3.82. The van der Waals surface area contributed by atoms with Crippen molar-refractivity contribution in [3.05, 3.63) is 24.0 Å². The molecule has 1 aromatic rings. The highest BCUT2D eigenvalue weighted by atomic mass is 32.2. The Morgan fingerprint density at radius 3 is 2.55 bits per heavy atom. The number of hydrogen-bond donors (Lipinski definition) is 1. The zero-order valence-corrected chi connectivity index (χ0v) is 12.0. The van der Waals surface area contributed by atoms with E-state index in [0.29, 0.717) is 0 Å². The van der Waals surface area contributed by atoms with Crippen LogP contribution in [0.5, 0.6) is 0 Å². The molecule has 7 nitrogen and oxygen atoms in total. The Labute approximate surface area is 117 Å². The van der Waals surface area contributed by atoms with E-state index in [-0.39, 0.29) is 29.6 Å². The topological polar surface area (TPSA) is 111 Å². The van der Waals surface area contributed by atoms with Crippen molar-refractivity contribution in [3.8, 4) is 6.07 Å². The van der Waals surface area contributed by atoms with Crippen molar-refractivity contribution in [2.75, 3.05) is 6.54 Å². The van der Waals surface area contributed by atoms with Gasteiger partial charge in [-0.15, -0.1) is 0 Å². The third-order valence-electron chi connectivity index (χ3n) is 2.58. The van der Waals surface area contributed by atoms with Gasteiger partial charge in [-0.3, -0.25) is 4.79 Å². The zero-order valence-electron chi connectivity index (χ0n) is 11.1. The highest BCUT2D eigenvalue weighted by Gasteiger charge is 2.27. The summed E-state index contributed by atoms with van der Waals surface area (Å²) in [6.45, 7) is 3.21. The molecule has 0 saturated carbocycles. The predicted molar refractivity (Wildman–Crippen MR) is 70.2 cm³/mol. The van der Waals surface area contributed by atoms with Gasteiger partial charge in [0.2, 0.25) is 10.0 Å². The van der Waals surface area contributed by atoms with Gasteiger partial charge in [0.05, 0.1) is 6.42 Å². The van der Waals surface area contributed by atoms with Gasteiger partial charge in [0.15, 0.2) is 0 Å². The monoisotopic (exact) mass is 297 g/mol. The smallest absolute Gasteiger partial charge is 0.304 e. The summed E-state index contributed by atoms with van der Waals surface area (Å²) in [5.41, 5.74) is 0.116. The molecule has 1 N–H and O–H groups in total. The quantitative estimate of drug-likeness (QED) is 0.832. The van der Waals surface area contributed by atoms with Crippen LogP contribution in [0.3, 0.4) is 0 Å². The molecule has 0 spiro atoms. The number of rotatable bonds is 6. The van der Waals surface area contributed by atoms with Crippen molar-refractivity contribution >= 4 is 16.0 Å². The minimum absolute atomic E-state index is 0.0596. The van der Waals surface area contributed by atoms with Crippen molar-refractivity contribution in [3.63, 3.8) is 0 Å². The molecule has 0 bridgehead atoms. The summed E-state index contributed by atoms with van der Waals surface area (Å²) < 4.78 is 25.9. The van der Waals surface area contributed by atoms with Gasteiger partial charge in [0, 0.05) is 18.8 Å². The Bertz CT molecular complexity index is 617. The standard InChI is InChI=1S/C12H15N3O4S/c1-9(2)15(6-5-12(16)17)20(18,19)11-4-3-10(7-13)14-8-11/h3-4,8-9H,5-6H2,1-2H3,(H,16,17). The number of aliphatic carboxylic acids is 1. The predicted octanol–water partition coefficient (Wildman–Crippen LogP) is 0.827. The van der Waals surface area contributed by atoms with Crippen molar-refractivity contribution in [1.29, 1.82) is 5.26 Å². The van der Waals surface area contributed by atoms with E-state index in [4.69, 9.17) is 10.4 Å². The molecule has 1 aromatic heterocycles. The van der Waals surface area contributed by atoms with Crippen molar-refractivity contribution in [2.45, 2.75) is 31.2 Å². The van der Waals surface area contributed by atoms with E-state index in [2.05, 4.69) is 4.98 Å². The summed E-state index contributed by atoms with van der Waals surface area (Å²) in [6, 6.07) is 4.02. The van der Waals surface area contributed by atoms with Gasteiger partial charge >= 0.3 is 5.97 Å². The van der Waals surface area contributed by atoms with Crippen LogP contribution in [0.25, 0.3) is 0 Å². The number of hydrogen-bond acceptors (Lipinski definition) is 5. The summed E-state index contributed by atoms with van der Waals surface area (Å²) in [5, 5.41) is 17.3. The van der Waals surface area contributed by atoms with Crippen molar-refractivity contribution in [1.82, 2.24) is 9.29 Å². The lowest BCUT2D eigenvalue weighted by Crippen LogP contribution is -2.38. The van der Waals surface area contributed by atoms with Crippen LogP contribution in [0.4, 0.5) is 0 Å². The largest absolute Gasteiger partial charge is 0.481 e. The van der Waals surface area contributed by atoms with Crippen LogP contribution >= 0.6 is 0 Å². The van der Waals surface area contributed by atoms with Gasteiger partial charge in [-0.1, -0.05) is 0 Å². The highest BCUT2D eigenvalue weighted by molar-refractivity contribution is 7.89. The Morgan fingerprint density at radius 1 is 1.50 bits per heavy atom. The summed E-state index contributed by atoms with van der Waals surface area (Å²) in [7, 11) is -3.82. The second kappa shape index (κ2) is 6.45. The lowest BCUT2D eigenvalue weighted by atomic mass is 10.3. The van der Waals surface area contributed by atoms with Gasteiger partial charge in [-0.05, 0) is 26.0 Å². The fourth-order valence-electron chi connectivity index (χ4n) is 1.60. The van der Waals surface area contributed by atoms with Crippen LogP contribution in [0, 0.1) is 11.3 Å². The molecule has 0 aliphatic rings. The zero-order chi connectivity index (χ0) is 15.3. The fourth-order valence-corrected chi connectivity index (χ4v) is 3.18. The molecule has 0 amide bonds. The molecule has 0 radical (unpaired) electrons. The maximum atomic E-state index is 12.4. The fraction of sp³-hybridized carbons (Fsp3) is 0.417. The maximum Gasteiger partial charge on any atom is 0.304 e. The second-order valence-electron chi connectivity index (χ2n) is 4.34. The molecule has 108 valence electrons. The molecule has 0 fully saturated rings. The lowest BCUT2D eigenvalue weighted by Gasteiger charge is -2.25. The number of pyridine rings is 1. The molecular weight excluding hydrogens is 282 g/mol. The molecule has 0 unspecified atom stereocenters. The first kappa shape index (κ1) is 16.1. The van der Waals surface area contributed by atoms with Crippen LogP contribution in [-0.4, -0.2) is 41.4 Å². The third-order valence-corrected chi connectivity index (χ3v) is 4.64. The first-order valence-corrected chi connectivity index (χ1v) is 7.33. The minimum Gasteiger partial charge on any atom is -0.481 e. The van der Waals surface area contributed by atoms with Crippen LogP contribution in [-0.2, 0) is 14.8 Å². The van der Waals surface area contributed by atoms with E-state index in [1.807, 2.05) is 0 Å². The summed E-state index contributed by atoms with van der Waals surface area (Å²) >= 11 is 0. The number of nitrogens with zero attached hydrogens (tertiary/aromatic N) is 3. The number of carboxylic acid groups (broad SMARTS) is 1. The van der Waals surface area contributed by atoms with E-state index in [0.717, 1.165) is 10.5 Å². The van der Waals surface area contributed by atoms with Crippen LogP contribution in [0.15, 0.2) is 23.2 Å². The molecule has 0 aliphatic carbocycles. The summed E-state index contributed by atoms with van der Waals surface area (Å²) in [4.78, 5) is 14.3. The SMILES string of the molecule is CC(C)N(CCC(=O)O)S(=O)(=O)c1ccc(C#N)nc1. The summed E-state index contributed by atoms with van der Waals surface area (Å²) in [5.74, 6) is -1.07. The van der Waals surface area contributed by atoms with Gasteiger partial charge in [0.1, 0.15) is 16.7 Å². The Hall–Kier alpha value is -1.98. The molecule has 0 aliphatic heterocycles. The molecule has 0 atom stereocenters. The normalized spacial score (nSPS) is 11.6. The van der Waals surface area contributed by atoms with Crippen LogP contribution in [0.1, 0.15) is 26.0 Å². The van der Waals surface area contributed by atoms with Gasteiger partial charge in [-0.2, -0.15) is 9.57 Å². The first-order valence-electron chi connectivity index (χ1n) is 5.89. The summed E-state index contributed by atoms with van der Waals surface area (Å²) in [6.07, 6.45) is 0.825. The Morgan fingerprint density at radius 2 is 2.15 bits per heavy atom. The first-order chi connectivity index (χ1) is 9.28. The van der Waals surface area contributed by atoms with E-state index in [1.165, 1.54) is 12.1 Å². The van der Waals surface area contributed by atoms with Gasteiger partial charge in [0.25, 0.3) is 0 Å². The molecule has 0 aromatic carbocycles. The van der Waals surface area contributed by atoms with Crippen LogP contribution in [0.2, 0.25) is 0 Å². The second-order valence-corrected chi connectivity index (χ2v) is 6.23. The highest BCUT2D eigenvalue weighted by Crippen LogP contribution is 2.18. The number of carbonyl (C=O) groups is 1. The number of aromatic nitrogens is 1.